The topological polar surface area (TPSA) is 80.6 Å². The number of benzene rings is 8. The maximum Gasteiger partial charge on any atom is 0.147 e. The van der Waals surface area contributed by atoms with Crippen LogP contribution in [0.15, 0.2) is 219 Å². The van der Waals surface area contributed by atoms with Crippen molar-refractivity contribution in [1.29, 1.82) is 10.5 Å². The number of nitrogens with zero attached hydrogens (tertiary/aromatic N) is 6. The van der Waals surface area contributed by atoms with E-state index in [-0.39, 0.29) is 12.0 Å². The second-order valence-electron chi connectivity index (χ2n) is 17.7. The molecule has 0 bridgehead atoms. The van der Waals surface area contributed by atoms with Gasteiger partial charge in [0.15, 0.2) is 0 Å². The minimum absolute atomic E-state index is 0.0121. The molecule has 0 radical (unpaired) electrons. The predicted octanol–water partition coefficient (Wildman–Crippen LogP) is 14.9. The summed E-state index contributed by atoms with van der Waals surface area (Å²) in [5.74, 6) is 1.13. The highest BCUT2D eigenvalue weighted by molar-refractivity contribution is 6.25. The highest BCUT2D eigenvalue weighted by Gasteiger charge is 2.39. The van der Waals surface area contributed by atoms with Gasteiger partial charge in [-0.2, -0.15) is 10.5 Å². The molecule has 11 aromatic rings. The Kier molecular flexibility index (Phi) is 9.35. The number of para-hydroxylation sites is 2. The summed E-state index contributed by atoms with van der Waals surface area (Å²) in [5.41, 5.74) is 10.3. The molecule has 2 aliphatic rings. The number of anilines is 3. The Morgan fingerprint density at radius 2 is 1.22 bits per heavy atom. The van der Waals surface area contributed by atoms with Gasteiger partial charge in [-0.3, -0.25) is 4.40 Å². The van der Waals surface area contributed by atoms with Gasteiger partial charge in [-0.05, 0) is 92.8 Å². The molecule has 2 unspecified atom stereocenters. The Hall–Kier alpha value is -9.43. The minimum atomic E-state index is 0.0121. The van der Waals surface area contributed by atoms with Crippen molar-refractivity contribution in [1.82, 2.24) is 9.38 Å². The van der Waals surface area contributed by atoms with Crippen molar-refractivity contribution >= 4 is 82.4 Å². The molecule has 0 amide bonds. The van der Waals surface area contributed by atoms with Crippen LogP contribution in [0.5, 0.6) is 11.5 Å². The summed E-state index contributed by atoms with van der Waals surface area (Å²) < 4.78 is 9.08. The van der Waals surface area contributed by atoms with Crippen molar-refractivity contribution in [2.24, 2.45) is 0 Å². The molecule has 4 heterocycles. The van der Waals surface area contributed by atoms with Gasteiger partial charge in [-0.25, -0.2) is 4.98 Å². The number of hydrogen-bond acceptors (Lipinski definition) is 6. The van der Waals surface area contributed by atoms with Gasteiger partial charge in [0.1, 0.15) is 23.2 Å². The van der Waals surface area contributed by atoms with E-state index in [2.05, 4.69) is 190 Å². The first-order valence-electron chi connectivity index (χ1n) is 23.2. The first kappa shape index (κ1) is 39.9. The molecule has 7 nitrogen and oxygen atoms in total. The minimum Gasteiger partial charge on any atom is -0.456 e. The van der Waals surface area contributed by atoms with E-state index in [0.29, 0.717) is 29.3 Å². The molecular weight excluding hydrogens is 845 g/mol. The fourth-order valence-corrected chi connectivity index (χ4v) is 11.0. The van der Waals surface area contributed by atoms with E-state index in [1.807, 2.05) is 54.7 Å². The first-order chi connectivity index (χ1) is 34.1. The van der Waals surface area contributed by atoms with Gasteiger partial charge in [0.05, 0.1) is 52.3 Å². The third kappa shape index (κ3) is 6.44. The molecule has 8 aromatic carbocycles. The molecule has 0 saturated heterocycles. The summed E-state index contributed by atoms with van der Waals surface area (Å²) in [7, 11) is 0. The Morgan fingerprint density at radius 3 is 1.96 bits per heavy atom. The third-order valence-electron chi connectivity index (χ3n) is 13.9. The van der Waals surface area contributed by atoms with Gasteiger partial charge >= 0.3 is 0 Å². The van der Waals surface area contributed by atoms with Gasteiger partial charge in [-0.15, -0.1) is 0 Å². The van der Waals surface area contributed by atoms with E-state index in [4.69, 9.17) is 9.72 Å². The number of ether oxygens (including phenoxy) is 1. The van der Waals surface area contributed by atoms with Crippen LogP contribution in [0.4, 0.5) is 17.1 Å². The highest BCUT2D eigenvalue weighted by Crippen LogP contribution is 2.49. The molecule has 0 N–H and O–H groups in total. The molecule has 7 heteroatoms. The summed E-state index contributed by atoms with van der Waals surface area (Å²) in [4.78, 5) is 9.99. The van der Waals surface area contributed by atoms with Crippen LogP contribution in [0, 0.1) is 22.7 Å². The van der Waals surface area contributed by atoms with E-state index in [0.717, 1.165) is 76.8 Å². The second-order valence-corrected chi connectivity index (χ2v) is 17.7. The molecule has 0 saturated carbocycles. The average Bonchev–Trinajstić information content (AvgIpc) is 3.97. The largest absolute Gasteiger partial charge is 0.456 e. The normalized spacial score (nSPS) is 15.4. The zero-order chi connectivity index (χ0) is 46.0. The van der Waals surface area contributed by atoms with Gasteiger partial charge in [0.2, 0.25) is 0 Å². The maximum absolute atomic E-state index is 10.9. The molecule has 0 spiro atoms. The van der Waals surface area contributed by atoms with E-state index < -0.39 is 0 Å². The van der Waals surface area contributed by atoms with Crippen LogP contribution in [0.25, 0.3) is 65.3 Å². The van der Waals surface area contributed by atoms with Crippen molar-refractivity contribution in [3.05, 3.63) is 241 Å². The predicted molar refractivity (Wildman–Crippen MR) is 280 cm³/mol. The molecule has 0 fully saturated rings. The van der Waals surface area contributed by atoms with E-state index in [9.17, 15) is 10.5 Å². The van der Waals surface area contributed by atoms with Crippen LogP contribution in [-0.4, -0.2) is 22.1 Å². The quantitative estimate of drug-likeness (QED) is 0.165. The van der Waals surface area contributed by atoms with Crippen molar-refractivity contribution in [3.63, 3.8) is 0 Å². The Bertz CT molecular complexity index is 4090. The van der Waals surface area contributed by atoms with E-state index in [1.54, 1.807) is 0 Å². The van der Waals surface area contributed by atoms with Crippen LogP contribution < -0.4 is 14.5 Å². The van der Waals surface area contributed by atoms with Crippen molar-refractivity contribution in [3.8, 4) is 23.6 Å². The lowest BCUT2D eigenvalue weighted by molar-refractivity contribution is 0.482. The number of fused-ring (bicyclic) bond motifs is 11. The van der Waals surface area contributed by atoms with Gasteiger partial charge < -0.3 is 14.5 Å². The van der Waals surface area contributed by atoms with Crippen LogP contribution in [-0.2, 0) is 0 Å². The van der Waals surface area contributed by atoms with Gasteiger partial charge in [-0.1, -0.05) is 146 Å². The molecule has 69 heavy (non-hydrogen) atoms. The van der Waals surface area contributed by atoms with Gasteiger partial charge in [0, 0.05) is 51.5 Å². The molecule has 2 atom stereocenters. The molecule has 1 aliphatic carbocycles. The van der Waals surface area contributed by atoms with Crippen molar-refractivity contribution < 1.29 is 4.74 Å². The summed E-state index contributed by atoms with van der Waals surface area (Å²) >= 11 is 0. The van der Waals surface area contributed by atoms with Crippen molar-refractivity contribution in [2.75, 3.05) is 16.5 Å². The smallest absolute Gasteiger partial charge is 0.147 e. The number of hydrogen-bond donors (Lipinski definition) is 0. The molecule has 1 aliphatic heterocycles. The highest BCUT2D eigenvalue weighted by atomic mass is 16.5. The summed E-state index contributed by atoms with van der Waals surface area (Å²) in [6.07, 6.45) is 8.63. The molecule has 13 rings (SSSR count). The second kappa shape index (κ2) is 16.2. The maximum atomic E-state index is 10.9. The Balaban J connectivity index is 0.967. The summed E-state index contributed by atoms with van der Waals surface area (Å²) in [5, 5.41) is 29.1. The fourth-order valence-electron chi connectivity index (χ4n) is 11.0. The lowest BCUT2D eigenvalue weighted by Gasteiger charge is -2.39. The standard InChI is InChI=1S/C62H40N6O/c63-37-40-32-54-51-25-10-8-23-49(51)48-22-7-9-24-50(48)52-28-15-31-65-62(52)68-58-36-59(43(38-64)34-53(58)55(33-40)61(54)68)69-45-21-13-20-44(35-45)66-39-67(57-30-12-11-29-56(57)66)60-46(41-16-3-1-4-17-41)26-14-27-47(60)42-18-5-2-6-19-42/h1-36,46,60H,39H2. The third-order valence-corrected chi connectivity index (χ3v) is 13.9. The van der Waals surface area contributed by atoms with Crippen LogP contribution in [0.3, 0.4) is 0 Å². The zero-order valence-electron chi connectivity index (χ0n) is 37.2. The van der Waals surface area contributed by atoms with E-state index in [1.165, 1.54) is 16.7 Å². The van der Waals surface area contributed by atoms with Crippen LogP contribution in [0.2, 0.25) is 0 Å². The Morgan fingerprint density at radius 1 is 0.565 bits per heavy atom. The number of rotatable bonds is 6. The Labute approximate surface area is 398 Å². The number of aromatic nitrogens is 2. The first-order valence-corrected chi connectivity index (χ1v) is 23.2. The monoisotopic (exact) mass is 884 g/mol. The van der Waals surface area contributed by atoms with Crippen LogP contribution >= 0.6 is 0 Å². The molecule has 3 aromatic heterocycles. The lowest BCUT2D eigenvalue weighted by Crippen LogP contribution is -2.42. The molecular formula is C62H40N6O. The fraction of sp³-hybridized carbons (Fsp3) is 0.0484. The number of nitriles is 2. The number of pyridine rings is 1. The van der Waals surface area contributed by atoms with E-state index >= 15 is 0 Å². The number of allylic oxidation sites excluding steroid dienone is 2. The van der Waals surface area contributed by atoms with Gasteiger partial charge in [0.25, 0.3) is 0 Å². The zero-order valence-corrected chi connectivity index (χ0v) is 37.2. The average molecular weight is 885 g/mol. The van der Waals surface area contributed by atoms with Crippen molar-refractivity contribution in [2.45, 2.75) is 12.0 Å². The summed E-state index contributed by atoms with van der Waals surface area (Å²) in [6, 6.07) is 71.9. The SMILES string of the molecule is N#Cc1cc2c3ccccc3c3ccccc3c3cccnc3n3c4cc(Oc5cccc(N6CN(C7C(c8ccccc8)=CC=CC7c7ccccc7)c7ccccc76)c5)c(C#N)cc4c(c1)c23. The lowest BCUT2D eigenvalue weighted by atomic mass is 9.80. The summed E-state index contributed by atoms with van der Waals surface area (Å²) in [6.45, 7) is 0.607. The van der Waals surface area contributed by atoms with Crippen LogP contribution in [0.1, 0.15) is 28.2 Å². The molecule has 324 valence electrons.